The van der Waals surface area contributed by atoms with Crippen LogP contribution in [0.25, 0.3) is 0 Å². The van der Waals surface area contributed by atoms with E-state index >= 15 is 0 Å². The van der Waals surface area contributed by atoms with E-state index in [4.69, 9.17) is 13.7 Å². The van der Waals surface area contributed by atoms with Crippen molar-refractivity contribution in [2.45, 2.75) is 19.6 Å². The lowest BCUT2D eigenvalue weighted by atomic mass is 9.97. The number of benzene rings is 3. The van der Waals surface area contributed by atoms with Gasteiger partial charge in [-0.2, -0.15) is 4.62 Å². The van der Waals surface area contributed by atoms with Crippen molar-refractivity contribution in [2.24, 2.45) is 5.92 Å². The number of nitrogens with zero attached hydrogens (tertiary/aromatic N) is 1. The zero-order valence-corrected chi connectivity index (χ0v) is 19.3. The maximum absolute atomic E-state index is 13.5. The maximum atomic E-state index is 13.5. The number of nitrogens with one attached hydrogen (secondary N) is 1. The summed E-state index contributed by atoms with van der Waals surface area (Å²) in [5.41, 5.74) is 2.39. The van der Waals surface area contributed by atoms with E-state index in [0.717, 1.165) is 16.7 Å². The van der Waals surface area contributed by atoms with Crippen LogP contribution in [-0.2, 0) is 42.7 Å². The van der Waals surface area contributed by atoms with Crippen molar-refractivity contribution < 1.29 is 27.8 Å². The number of hydroxylamine groups is 2. The Balaban J connectivity index is 1.50. The van der Waals surface area contributed by atoms with Crippen molar-refractivity contribution >= 4 is 19.8 Å². The standard InChI is InChI=1S/C25H25N2O6P/c28-24-23(16-20-10-4-1-5-11-20)17-26-25(29)27(24)33-34(30,31-18-21-12-6-2-7-13-21)32-19-22-14-8-3-9-15-22/h1-15,23H,16-19H2,(H,26,29). The van der Waals surface area contributed by atoms with Crippen molar-refractivity contribution in [3.63, 3.8) is 0 Å². The van der Waals surface area contributed by atoms with Crippen LogP contribution in [0.1, 0.15) is 16.7 Å². The maximum Gasteiger partial charge on any atom is 0.497 e. The number of carbonyl (C=O) groups excluding carboxylic acids is 2. The smallest absolute Gasteiger partial charge is 0.335 e. The molecule has 1 N–H and O–H groups in total. The van der Waals surface area contributed by atoms with Gasteiger partial charge in [0.15, 0.2) is 0 Å². The predicted octanol–water partition coefficient (Wildman–Crippen LogP) is 4.87. The second-order valence-corrected chi connectivity index (χ2v) is 9.33. The summed E-state index contributed by atoms with van der Waals surface area (Å²) in [7, 11) is -4.36. The lowest BCUT2D eigenvalue weighted by Gasteiger charge is -2.31. The number of carbonyl (C=O) groups is 2. The second-order valence-electron chi connectivity index (χ2n) is 7.75. The molecule has 4 rings (SSSR count). The van der Waals surface area contributed by atoms with Crippen LogP contribution in [0.5, 0.6) is 0 Å². The normalized spacial score (nSPS) is 16.4. The third-order valence-electron chi connectivity index (χ3n) is 5.20. The second kappa shape index (κ2) is 11.2. The van der Waals surface area contributed by atoms with E-state index in [0.29, 0.717) is 11.5 Å². The Morgan fingerprint density at radius 3 is 1.74 bits per heavy atom. The minimum atomic E-state index is -4.36. The Hall–Kier alpha value is -3.29. The molecule has 0 aliphatic carbocycles. The van der Waals surface area contributed by atoms with Crippen LogP contribution in [-0.4, -0.2) is 23.5 Å². The number of imide groups is 1. The van der Waals surface area contributed by atoms with E-state index < -0.39 is 25.7 Å². The molecule has 1 aliphatic heterocycles. The lowest BCUT2D eigenvalue weighted by molar-refractivity contribution is -0.159. The predicted molar refractivity (Wildman–Crippen MR) is 125 cm³/mol. The first-order valence-electron chi connectivity index (χ1n) is 10.8. The molecule has 0 spiro atoms. The Morgan fingerprint density at radius 2 is 1.24 bits per heavy atom. The highest BCUT2D eigenvalue weighted by molar-refractivity contribution is 7.48. The van der Waals surface area contributed by atoms with Gasteiger partial charge in [0.2, 0.25) is 0 Å². The average molecular weight is 480 g/mol. The van der Waals surface area contributed by atoms with Gasteiger partial charge in [0.1, 0.15) is 0 Å². The van der Waals surface area contributed by atoms with Crippen molar-refractivity contribution in [3.05, 3.63) is 108 Å². The van der Waals surface area contributed by atoms with Crippen LogP contribution < -0.4 is 5.32 Å². The van der Waals surface area contributed by atoms with Gasteiger partial charge in [-0.1, -0.05) is 91.0 Å². The molecule has 8 nitrogen and oxygen atoms in total. The molecule has 1 atom stereocenters. The highest BCUT2D eigenvalue weighted by Gasteiger charge is 2.42. The number of hydrogen-bond donors (Lipinski definition) is 1. The molecule has 9 heteroatoms. The Kier molecular flexibility index (Phi) is 7.87. The molecule has 34 heavy (non-hydrogen) atoms. The van der Waals surface area contributed by atoms with Gasteiger partial charge in [-0.05, 0) is 23.1 Å². The summed E-state index contributed by atoms with van der Waals surface area (Å²) >= 11 is 0. The largest absolute Gasteiger partial charge is 0.497 e. The van der Waals surface area contributed by atoms with Gasteiger partial charge in [-0.3, -0.25) is 13.8 Å². The molecule has 3 aromatic rings. The summed E-state index contributed by atoms with van der Waals surface area (Å²) in [6.07, 6.45) is 0.389. The minimum Gasteiger partial charge on any atom is -0.335 e. The molecule has 1 aliphatic rings. The average Bonchev–Trinajstić information content (AvgIpc) is 2.88. The molecule has 3 aromatic carbocycles. The minimum absolute atomic E-state index is 0.0933. The first kappa shape index (κ1) is 23.9. The Bertz CT molecular complexity index is 1100. The molecule has 1 fully saturated rings. The molecule has 0 saturated carbocycles. The molecule has 0 bridgehead atoms. The summed E-state index contributed by atoms with van der Waals surface area (Å²) in [5.74, 6) is -1.20. The van der Waals surface area contributed by atoms with Gasteiger partial charge < -0.3 is 5.32 Å². The van der Waals surface area contributed by atoms with Gasteiger partial charge in [0.25, 0.3) is 5.91 Å². The summed E-state index contributed by atoms with van der Waals surface area (Å²) in [5, 5.41) is 3.08. The lowest BCUT2D eigenvalue weighted by Crippen LogP contribution is -2.54. The Labute approximate surface area is 198 Å². The van der Waals surface area contributed by atoms with Crippen molar-refractivity contribution in [2.75, 3.05) is 6.54 Å². The van der Waals surface area contributed by atoms with Crippen LogP contribution in [0, 0.1) is 5.92 Å². The van der Waals surface area contributed by atoms with Crippen LogP contribution in [0.3, 0.4) is 0 Å². The van der Waals surface area contributed by atoms with Crippen molar-refractivity contribution in [1.29, 1.82) is 0 Å². The molecule has 3 amide bonds. The number of amides is 3. The highest BCUT2D eigenvalue weighted by atomic mass is 31.2. The zero-order chi connectivity index (χ0) is 23.8. The topological polar surface area (TPSA) is 94.2 Å². The van der Waals surface area contributed by atoms with Gasteiger partial charge in [-0.25, -0.2) is 9.36 Å². The van der Waals surface area contributed by atoms with Gasteiger partial charge in [0, 0.05) is 6.54 Å². The fraction of sp³-hybridized carbons (Fsp3) is 0.200. The monoisotopic (exact) mass is 480 g/mol. The molecular formula is C25H25N2O6P. The molecule has 1 saturated heterocycles. The molecule has 176 valence electrons. The number of urea groups is 1. The fourth-order valence-corrected chi connectivity index (χ4v) is 4.55. The number of rotatable bonds is 10. The summed E-state index contributed by atoms with van der Waals surface area (Å²) in [6, 6.07) is 26.7. The third kappa shape index (κ3) is 6.40. The molecule has 0 radical (unpaired) electrons. The number of phosphoric ester groups is 1. The fourth-order valence-electron chi connectivity index (χ4n) is 3.41. The summed E-state index contributed by atoms with van der Waals surface area (Å²) in [6.45, 7) is -0.0412. The van der Waals surface area contributed by atoms with Crippen LogP contribution >= 0.6 is 7.82 Å². The van der Waals surface area contributed by atoms with Gasteiger partial charge in [0.05, 0.1) is 19.1 Å². The Morgan fingerprint density at radius 1 is 0.765 bits per heavy atom. The van der Waals surface area contributed by atoms with Gasteiger partial charge >= 0.3 is 13.9 Å². The SMILES string of the molecule is O=C1NCC(Cc2ccccc2)C(=O)N1OP(=O)(OCc1ccccc1)OCc1ccccc1. The van der Waals surface area contributed by atoms with E-state index in [2.05, 4.69) is 5.32 Å². The van der Waals surface area contributed by atoms with Crippen molar-refractivity contribution in [3.8, 4) is 0 Å². The highest BCUT2D eigenvalue weighted by Crippen LogP contribution is 2.52. The first-order chi connectivity index (χ1) is 16.5. The van der Waals surface area contributed by atoms with E-state index in [9.17, 15) is 14.2 Å². The van der Waals surface area contributed by atoms with E-state index in [1.165, 1.54) is 0 Å². The number of phosphoric acid groups is 1. The molecule has 1 heterocycles. The third-order valence-corrected chi connectivity index (χ3v) is 6.46. The van der Waals surface area contributed by atoms with E-state index in [-0.39, 0.29) is 19.8 Å². The van der Waals surface area contributed by atoms with Crippen LogP contribution in [0.4, 0.5) is 4.79 Å². The van der Waals surface area contributed by atoms with Gasteiger partial charge in [-0.15, -0.1) is 5.06 Å². The van der Waals surface area contributed by atoms with E-state index in [1.807, 2.05) is 66.7 Å². The summed E-state index contributed by atoms with van der Waals surface area (Å²) < 4.78 is 30.0. The van der Waals surface area contributed by atoms with Crippen LogP contribution in [0.2, 0.25) is 0 Å². The molecule has 1 unspecified atom stereocenters. The number of hydrogen-bond acceptors (Lipinski definition) is 6. The quantitative estimate of drug-likeness (QED) is 0.416. The van der Waals surface area contributed by atoms with Crippen molar-refractivity contribution in [1.82, 2.24) is 10.4 Å². The summed E-state index contributed by atoms with van der Waals surface area (Å²) in [4.78, 5) is 25.5. The molecule has 0 aromatic heterocycles. The first-order valence-corrected chi connectivity index (χ1v) is 12.3. The zero-order valence-electron chi connectivity index (χ0n) is 18.4. The molecular weight excluding hydrogens is 455 g/mol. The van der Waals surface area contributed by atoms with Crippen LogP contribution in [0.15, 0.2) is 91.0 Å². The van der Waals surface area contributed by atoms with E-state index in [1.54, 1.807) is 24.3 Å².